The topological polar surface area (TPSA) is 127 Å². The summed E-state index contributed by atoms with van der Waals surface area (Å²) in [7, 11) is 0. The normalized spacial score (nSPS) is 21.4. The van der Waals surface area contributed by atoms with Crippen LogP contribution in [0.4, 0.5) is 0 Å². The Hall–Kier alpha value is -2.24. The van der Waals surface area contributed by atoms with Gasteiger partial charge in [0.1, 0.15) is 0 Å². The molecule has 0 radical (unpaired) electrons. The van der Waals surface area contributed by atoms with Gasteiger partial charge in [0.25, 0.3) is 0 Å². The molecule has 2 fully saturated rings. The number of rotatable bonds is 49. The van der Waals surface area contributed by atoms with E-state index in [-0.39, 0.29) is 56.7 Å². The van der Waals surface area contributed by atoms with Crippen molar-refractivity contribution in [3.8, 4) is 0 Å². The van der Waals surface area contributed by atoms with Gasteiger partial charge in [0.2, 0.25) is 0 Å². The van der Waals surface area contributed by atoms with E-state index in [0.29, 0.717) is 82.8 Å². The standard InChI is InChI=1S/C65H121NO10/c1-11-19-25-31-42-71-61(72-43-32-26-20-12-2)40-39-58(68)75-53-64-46-62(9,51-73-57(67)38-33-41-66(17-7)18-8)47-65(50-64,54-76-60(70)45-56(36-29-23-15-5)37-30-24-16-6)49-63(10,48-64)52-74-59(69)44-55(34-27-21-13-3)35-28-22-14-4/h55-56,61H,11-54H2,1-10H3. The minimum absolute atomic E-state index is 0.138. The van der Waals surface area contributed by atoms with Crippen molar-refractivity contribution < 1.29 is 47.6 Å². The molecule has 76 heavy (non-hydrogen) atoms. The SMILES string of the molecule is CCCCCCOC(CCC(=O)OCC12CC(C)(COC(=O)CCCN(CC)CC)CC(COC(=O)CC(CCCCC)CCCCC)(CC(C)(COC(=O)CC(CCCCC)CCCCC)C1)C2)OCCCCCC. The van der Waals surface area contributed by atoms with E-state index >= 15 is 0 Å². The van der Waals surface area contributed by atoms with Gasteiger partial charge < -0.3 is 33.3 Å². The third kappa shape index (κ3) is 30.4. The smallest absolute Gasteiger partial charge is 0.306 e. The number of carbonyl (C=O) groups is 4. The first-order valence-corrected chi connectivity index (χ1v) is 32.2. The number of carbonyl (C=O) groups excluding carboxylic acids is 4. The van der Waals surface area contributed by atoms with E-state index in [2.05, 4.69) is 74.1 Å². The Balaban J connectivity index is 2.53. The molecule has 4 atom stereocenters. The summed E-state index contributed by atoms with van der Waals surface area (Å²) >= 11 is 0. The summed E-state index contributed by atoms with van der Waals surface area (Å²) in [5.41, 5.74) is -2.06. The lowest BCUT2D eigenvalue weighted by atomic mass is 9.44. The first-order chi connectivity index (χ1) is 36.6. The number of nitrogens with zero attached hydrogens (tertiary/aromatic N) is 1. The molecular formula is C65H121NO10. The van der Waals surface area contributed by atoms with Gasteiger partial charge in [-0.05, 0) is 109 Å². The predicted molar refractivity (Wildman–Crippen MR) is 311 cm³/mol. The average molecular weight is 1080 g/mol. The molecular weight excluding hydrogens is 955 g/mol. The largest absolute Gasteiger partial charge is 0.465 e. The molecule has 0 amide bonds. The van der Waals surface area contributed by atoms with Crippen molar-refractivity contribution in [1.82, 2.24) is 4.90 Å². The summed E-state index contributed by atoms with van der Waals surface area (Å²) in [5.74, 6) is -0.174. The van der Waals surface area contributed by atoms with Crippen molar-refractivity contribution >= 4 is 23.9 Å². The second kappa shape index (κ2) is 40.9. The lowest BCUT2D eigenvalue weighted by Crippen LogP contribution is -2.58. The fraction of sp³-hybridized carbons (Fsp3) is 0.938. The van der Waals surface area contributed by atoms with E-state index in [4.69, 9.17) is 28.4 Å². The molecule has 11 heteroatoms. The number of hydrogen-bond acceptors (Lipinski definition) is 11. The molecule has 2 saturated carbocycles. The first-order valence-electron chi connectivity index (χ1n) is 32.2. The van der Waals surface area contributed by atoms with Crippen molar-refractivity contribution in [3.63, 3.8) is 0 Å². The highest BCUT2D eigenvalue weighted by Crippen LogP contribution is 2.66. The number of fused-ring (bicyclic) bond motifs is 2. The molecule has 0 heterocycles. The summed E-state index contributed by atoms with van der Waals surface area (Å²) in [6.45, 7) is 26.8. The van der Waals surface area contributed by atoms with Crippen LogP contribution in [0.5, 0.6) is 0 Å². The molecule has 4 unspecified atom stereocenters. The molecule has 0 aromatic heterocycles. The highest BCUT2D eigenvalue weighted by molar-refractivity contribution is 5.70. The Labute approximate surface area is 467 Å². The first kappa shape index (κ1) is 69.9. The molecule has 0 saturated heterocycles. The van der Waals surface area contributed by atoms with E-state index < -0.39 is 27.9 Å². The molecule has 2 rings (SSSR count). The highest BCUT2D eigenvalue weighted by atomic mass is 16.7. The van der Waals surface area contributed by atoms with Gasteiger partial charge in [-0.25, -0.2) is 0 Å². The quantitative estimate of drug-likeness (QED) is 0.0250. The van der Waals surface area contributed by atoms with Gasteiger partial charge in [0.05, 0.1) is 32.8 Å². The van der Waals surface area contributed by atoms with Gasteiger partial charge in [-0.2, -0.15) is 0 Å². The van der Waals surface area contributed by atoms with Gasteiger partial charge in [0, 0.05) is 60.6 Å². The molecule has 2 bridgehead atoms. The van der Waals surface area contributed by atoms with Crippen LogP contribution in [-0.4, -0.2) is 94.3 Å². The van der Waals surface area contributed by atoms with Gasteiger partial charge in [0.15, 0.2) is 6.29 Å². The number of unbranched alkanes of at least 4 members (excludes halogenated alkanes) is 14. The molecule has 2 aliphatic rings. The fourth-order valence-electron chi connectivity index (χ4n) is 13.5. The van der Waals surface area contributed by atoms with Crippen LogP contribution < -0.4 is 0 Å². The number of hydrogen-bond donors (Lipinski definition) is 0. The predicted octanol–water partition coefficient (Wildman–Crippen LogP) is 16.9. The maximum Gasteiger partial charge on any atom is 0.306 e. The molecule has 446 valence electrons. The van der Waals surface area contributed by atoms with Crippen LogP contribution in [0.1, 0.15) is 294 Å². The Morgan fingerprint density at radius 3 is 1.14 bits per heavy atom. The zero-order valence-corrected chi connectivity index (χ0v) is 51.4. The van der Waals surface area contributed by atoms with Crippen molar-refractivity contribution in [1.29, 1.82) is 0 Å². The van der Waals surface area contributed by atoms with Crippen LogP contribution >= 0.6 is 0 Å². The second-order valence-electron chi connectivity index (χ2n) is 25.2. The minimum atomic E-state index is -0.555. The zero-order valence-electron chi connectivity index (χ0n) is 51.4. The maximum absolute atomic E-state index is 14.1. The van der Waals surface area contributed by atoms with Crippen LogP contribution in [0.15, 0.2) is 0 Å². The van der Waals surface area contributed by atoms with Gasteiger partial charge in [-0.1, -0.05) is 185 Å². The summed E-state index contributed by atoms with van der Waals surface area (Å²) in [6, 6.07) is 0. The van der Waals surface area contributed by atoms with Crippen LogP contribution in [0.2, 0.25) is 0 Å². The molecule has 0 aliphatic heterocycles. The van der Waals surface area contributed by atoms with E-state index in [0.717, 1.165) is 154 Å². The van der Waals surface area contributed by atoms with Crippen molar-refractivity contribution in [2.75, 3.05) is 59.3 Å². The van der Waals surface area contributed by atoms with Crippen molar-refractivity contribution in [3.05, 3.63) is 0 Å². The lowest BCUT2D eigenvalue weighted by molar-refractivity contribution is -0.197. The van der Waals surface area contributed by atoms with Crippen molar-refractivity contribution in [2.24, 2.45) is 33.5 Å². The molecule has 0 spiro atoms. The van der Waals surface area contributed by atoms with Crippen LogP contribution in [0, 0.1) is 33.5 Å². The van der Waals surface area contributed by atoms with Gasteiger partial charge in [-0.15, -0.1) is 0 Å². The number of esters is 4. The van der Waals surface area contributed by atoms with Crippen LogP contribution in [0.25, 0.3) is 0 Å². The van der Waals surface area contributed by atoms with E-state index in [9.17, 15) is 19.2 Å². The Morgan fingerprint density at radius 2 is 0.750 bits per heavy atom. The van der Waals surface area contributed by atoms with Crippen LogP contribution in [0.3, 0.4) is 0 Å². The molecule has 11 nitrogen and oxygen atoms in total. The third-order valence-electron chi connectivity index (χ3n) is 16.9. The average Bonchev–Trinajstić information content (AvgIpc) is 3.38. The molecule has 0 aromatic carbocycles. The van der Waals surface area contributed by atoms with E-state index in [1.807, 2.05) is 0 Å². The Kier molecular flexibility index (Phi) is 37.6. The zero-order chi connectivity index (χ0) is 56.0. The minimum Gasteiger partial charge on any atom is -0.465 e. The highest BCUT2D eigenvalue weighted by Gasteiger charge is 2.61. The molecule has 0 N–H and O–H groups in total. The van der Waals surface area contributed by atoms with Crippen molar-refractivity contribution in [2.45, 2.75) is 300 Å². The third-order valence-corrected chi connectivity index (χ3v) is 16.9. The summed E-state index contributed by atoms with van der Waals surface area (Å²) < 4.78 is 38.1. The summed E-state index contributed by atoms with van der Waals surface area (Å²) in [5, 5.41) is 0. The van der Waals surface area contributed by atoms with Crippen LogP contribution in [-0.2, 0) is 47.6 Å². The Bertz CT molecular complexity index is 1480. The maximum atomic E-state index is 14.1. The van der Waals surface area contributed by atoms with E-state index in [1.165, 1.54) is 25.7 Å². The fourth-order valence-corrected chi connectivity index (χ4v) is 13.5. The Morgan fingerprint density at radius 1 is 0.395 bits per heavy atom. The monoisotopic (exact) mass is 1080 g/mol. The van der Waals surface area contributed by atoms with Gasteiger partial charge in [-0.3, -0.25) is 19.2 Å². The molecule has 2 aliphatic carbocycles. The second-order valence-corrected chi connectivity index (χ2v) is 25.2. The lowest BCUT2D eigenvalue weighted by Gasteiger charge is -2.62. The van der Waals surface area contributed by atoms with E-state index in [1.54, 1.807) is 0 Å². The molecule has 0 aromatic rings. The number of ether oxygens (including phenoxy) is 6. The summed E-state index contributed by atoms with van der Waals surface area (Å²) in [4.78, 5) is 58.0. The summed E-state index contributed by atoms with van der Waals surface area (Å²) in [6.07, 6.45) is 32.0. The van der Waals surface area contributed by atoms with Gasteiger partial charge >= 0.3 is 23.9 Å².